The van der Waals surface area contributed by atoms with E-state index in [0.29, 0.717) is 51.5 Å². The van der Waals surface area contributed by atoms with E-state index < -0.39 is 0 Å². The summed E-state index contributed by atoms with van der Waals surface area (Å²) in [6, 6.07) is 8.34. The quantitative estimate of drug-likeness (QED) is 0.718. The van der Waals surface area contributed by atoms with Gasteiger partial charge in [0.05, 0.1) is 6.54 Å². The van der Waals surface area contributed by atoms with Gasteiger partial charge in [-0.25, -0.2) is 4.98 Å². The third kappa shape index (κ3) is 4.71. The molecule has 1 saturated heterocycles. The fourth-order valence-electron chi connectivity index (χ4n) is 3.88. The number of anilines is 1. The van der Waals surface area contributed by atoms with E-state index >= 15 is 0 Å². The van der Waals surface area contributed by atoms with Gasteiger partial charge in [0.25, 0.3) is 5.91 Å². The fraction of sp³-hybridized carbons (Fsp3) is 0.409. The van der Waals surface area contributed by atoms with Crippen LogP contribution in [0.4, 0.5) is 5.13 Å². The average Bonchev–Trinajstić information content (AvgIpc) is 3.26. The zero-order chi connectivity index (χ0) is 20.9. The van der Waals surface area contributed by atoms with Crippen molar-refractivity contribution < 1.29 is 9.59 Å². The minimum Gasteiger partial charge on any atom is -0.358 e. The third-order valence-electron chi connectivity index (χ3n) is 5.62. The molecule has 0 atom stereocenters. The average molecular weight is 426 g/mol. The number of fused-ring (bicyclic) bond motifs is 1. The van der Waals surface area contributed by atoms with Crippen LogP contribution in [0.2, 0.25) is 0 Å². The largest absolute Gasteiger partial charge is 0.358 e. The van der Waals surface area contributed by atoms with Crippen LogP contribution in [0.1, 0.15) is 21.6 Å². The number of carbonyl (C=O) groups excluding carboxylic acids is 2. The van der Waals surface area contributed by atoms with Gasteiger partial charge >= 0.3 is 0 Å². The predicted octanol–water partition coefficient (Wildman–Crippen LogP) is 2.08. The number of hydrogen-bond acceptors (Lipinski definition) is 6. The van der Waals surface area contributed by atoms with E-state index in [0.717, 1.165) is 18.1 Å². The predicted molar refractivity (Wildman–Crippen MR) is 119 cm³/mol. The minimum absolute atomic E-state index is 0.0449. The number of carbonyl (C=O) groups is 2. The van der Waals surface area contributed by atoms with Gasteiger partial charge in [0.15, 0.2) is 5.13 Å². The molecule has 1 N–H and O–H groups in total. The van der Waals surface area contributed by atoms with Crippen molar-refractivity contribution in [3.8, 4) is 0 Å². The summed E-state index contributed by atoms with van der Waals surface area (Å²) in [6.45, 7) is 8.80. The third-order valence-corrected chi connectivity index (χ3v) is 6.42. The molecular weight excluding hydrogens is 398 g/mol. The van der Waals surface area contributed by atoms with Crippen molar-refractivity contribution in [2.24, 2.45) is 0 Å². The van der Waals surface area contributed by atoms with Crippen LogP contribution in [0.3, 0.4) is 0 Å². The molecule has 2 aliphatic rings. The van der Waals surface area contributed by atoms with Crippen LogP contribution in [-0.4, -0.2) is 77.3 Å². The lowest BCUT2D eigenvalue weighted by atomic mass is 10.00. The number of amides is 2. The Labute approximate surface area is 181 Å². The molecule has 2 amide bonds. The van der Waals surface area contributed by atoms with Gasteiger partial charge in [-0.3, -0.25) is 14.5 Å². The molecule has 30 heavy (non-hydrogen) atoms. The van der Waals surface area contributed by atoms with Gasteiger partial charge < -0.3 is 15.1 Å². The van der Waals surface area contributed by atoms with Gasteiger partial charge in [-0.2, -0.15) is 0 Å². The first kappa shape index (κ1) is 20.6. The van der Waals surface area contributed by atoms with Crippen molar-refractivity contribution in [1.29, 1.82) is 0 Å². The SMILES string of the molecule is C=CCNc1nc(C(=O)N2CCN(CC(=O)N3CCc4ccccc4C3)CC2)cs1. The van der Waals surface area contributed by atoms with Crippen LogP contribution < -0.4 is 5.32 Å². The summed E-state index contributed by atoms with van der Waals surface area (Å²) < 4.78 is 0. The molecule has 1 aromatic heterocycles. The van der Waals surface area contributed by atoms with E-state index in [9.17, 15) is 9.59 Å². The summed E-state index contributed by atoms with van der Waals surface area (Å²) in [4.78, 5) is 35.8. The minimum atomic E-state index is -0.0449. The molecule has 8 heteroatoms. The van der Waals surface area contributed by atoms with Crippen molar-refractivity contribution in [2.75, 3.05) is 51.1 Å². The molecule has 3 heterocycles. The summed E-state index contributed by atoms with van der Waals surface area (Å²) in [5.41, 5.74) is 3.07. The molecule has 0 bridgehead atoms. The normalized spacial score (nSPS) is 16.8. The zero-order valence-corrected chi connectivity index (χ0v) is 17.9. The maximum atomic E-state index is 12.8. The highest BCUT2D eigenvalue weighted by molar-refractivity contribution is 7.13. The first-order valence-electron chi connectivity index (χ1n) is 10.3. The molecule has 0 spiro atoms. The maximum Gasteiger partial charge on any atom is 0.273 e. The van der Waals surface area contributed by atoms with E-state index in [2.05, 4.69) is 40.0 Å². The van der Waals surface area contributed by atoms with Crippen LogP contribution in [0.25, 0.3) is 0 Å². The Morgan fingerprint density at radius 1 is 1.10 bits per heavy atom. The summed E-state index contributed by atoms with van der Waals surface area (Å²) >= 11 is 1.42. The van der Waals surface area contributed by atoms with E-state index in [1.807, 2.05) is 15.9 Å². The molecule has 1 aromatic carbocycles. The highest BCUT2D eigenvalue weighted by Crippen LogP contribution is 2.20. The maximum absolute atomic E-state index is 12.8. The molecule has 0 aliphatic carbocycles. The van der Waals surface area contributed by atoms with Crippen LogP contribution >= 0.6 is 11.3 Å². The Hall–Kier alpha value is -2.71. The zero-order valence-electron chi connectivity index (χ0n) is 17.0. The summed E-state index contributed by atoms with van der Waals surface area (Å²) in [5.74, 6) is 0.123. The van der Waals surface area contributed by atoms with Gasteiger partial charge in [0.1, 0.15) is 5.69 Å². The monoisotopic (exact) mass is 425 g/mol. The van der Waals surface area contributed by atoms with Crippen molar-refractivity contribution in [1.82, 2.24) is 19.7 Å². The second-order valence-corrected chi connectivity index (χ2v) is 8.47. The molecule has 0 radical (unpaired) electrons. The number of piperazine rings is 1. The number of nitrogens with zero attached hydrogens (tertiary/aromatic N) is 4. The molecule has 7 nitrogen and oxygen atoms in total. The molecular formula is C22H27N5O2S. The first-order valence-corrected chi connectivity index (χ1v) is 11.2. The highest BCUT2D eigenvalue weighted by Gasteiger charge is 2.27. The molecule has 1 fully saturated rings. The summed E-state index contributed by atoms with van der Waals surface area (Å²) in [6.07, 6.45) is 2.67. The number of thiazole rings is 1. The van der Waals surface area contributed by atoms with Crippen LogP contribution in [0, 0.1) is 0 Å². The van der Waals surface area contributed by atoms with Gasteiger partial charge in [-0.15, -0.1) is 17.9 Å². The van der Waals surface area contributed by atoms with Crippen LogP contribution in [-0.2, 0) is 17.8 Å². The number of aromatic nitrogens is 1. The summed E-state index contributed by atoms with van der Waals surface area (Å²) in [7, 11) is 0. The lowest BCUT2D eigenvalue weighted by Crippen LogP contribution is -2.52. The number of nitrogens with one attached hydrogen (secondary N) is 1. The first-order chi connectivity index (χ1) is 14.6. The standard InChI is InChI=1S/C22H27N5O2S/c1-2-8-23-22-24-19(16-30-22)21(29)26-12-10-25(11-13-26)15-20(28)27-9-7-17-5-3-4-6-18(17)14-27/h2-6,16H,1,7-15H2,(H,23,24). The summed E-state index contributed by atoms with van der Waals surface area (Å²) in [5, 5.41) is 5.62. The second kappa shape index (κ2) is 9.40. The van der Waals surface area contributed by atoms with Crippen molar-refractivity contribution in [3.05, 3.63) is 59.1 Å². The van der Waals surface area contributed by atoms with E-state index in [4.69, 9.17) is 0 Å². The number of hydrogen-bond donors (Lipinski definition) is 1. The number of benzene rings is 1. The smallest absolute Gasteiger partial charge is 0.273 e. The van der Waals surface area contributed by atoms with Crippen LogP contribution in [0.5, 0.6) is 0 Å². The topological polar surface area (TPSA) is 68.8 Å². The molecule has 0 unspecified atom stereocenters. The molecule has 2 aliphatic heterocycles. The lowest BCUT2D eigenvalue weighted by molar-refractivity contribution is -0.133. The van der Waals surface area contributed by atoms with Crippen LogP contribution in [0.15, 0.2) is 42.3 Å². The van der Waals surface area contributed by atoms with E-state index in [-0.39, 0.29) is 11.8 Å². The fourth-order valence-corrected chi connectivity index (χ4v) is 4.58. The second-order valence-electron chi connectivity index (χ2n) is 7.61. The van der Waals surface area contributed by atoms with Gasteiger partial charge in [0.2, 0.25) is 5.91 Å². The Bertz CT molecular complexity index is 920. The molecule has 0 saturated carbocycles. The van der Waals surface area contributed by atoms with Crippen molar-refractivity contribution in [3.63, 3.8) is 0 Å². The molecule has 4 rings (SSSR count). The number of rotatable bonds is 6. The van der Waals surface area contributed by atoms with E-state index in [1.54, 1.807) is 11.5 Å². The highest BCUT2D eigenvalue weighted by atomic mass is 32.1. The van der Waals surface area contributed by atoms with Crippen molar-refractivity contribution in [2.45, 2.75) is 13.0 Å². The molecule has 2 aromatic rings. The Balaban J connectivity index is 1.25. The van der Waals surface area contributed by atoms with E-state index in [1.165, 1.54) is 22.5 Å². The molecule has 158 valence electrons. The lowest BCUT2D eigenvalue weighted by Gasteiger charge is -2.36. The van der Waals surface area contributed by atoms with Crippen molar-refractivity contribution >= 4 is 28.3 Å². The van der Waals surface area contributed by atoms with Gasteiger partial charge in [-0.1, -0.05) is 30.3 Å². The van der Waals surface area contributed by atoms with Gasteiger partial charge in [-0.05, 0) is 17.5 Å². The van der Waals surface area contributed by atoms with Gasteiger partial charge in [0, 0.05) is 51.2 Å². The Kier molecular flexibility index (Phi) is 6.44. The Morgan fingerprint density at radius 3 is 2.63 bits per heavy atom. The Morgan fingerprint density at radius 2 is 1.87 bits per heavy atom.